The maximum atomic E-state index is 9.60. The van der Waals surface area contributed by atoms with Crippen molar-refractivity contribution in [2.75, 3.05) is 0 Å². The van der Waals surface area contributed by atoms with E-state index in [4.69, 9.17) is 4.74 Å². The molecule has 0 atom stereocenters. The lowest BCUT2D eigenvalue weighted by atomic mass is 10.0. The zero-order valence-electron chi connectivity index (χ0n) is 11.1. The first-order valence-electron chi connectivity index (χ1n) is 6.50. The SMILES string of the molecule is Cl.Oc1ccc2c3c(ccc2c1)=c1ccccc1=COC=3. The van der Waals surface area contributed by atoms with Crippen LogP contribution in [0.25, 0.3) is 23.3 Å². The van der Waals surface area contributed by atoms with Gasteiger partial charge in [-0.05, 0) is 39.4 Å². The molecule has 104 valence electrons. The zero-order valence-corrected chi connectivity index (χ0v) is 11.9. The highest BCUT2D eigenvalue weighted by atomic mass is 35.5. The molecule has 1 aliphatic heterocycles. The monoisotopic (exact) mass is 296 g/mol. The third-order valence-corrected chi connectivity index (χ3v) is 3.68. The first kappa shape index (κ1) is 13.5. The summed E-state index contributed by atoms with van der Waals surface area (Å²) in [7, 11) is 0. The van der Waals surface area contributed by atoms with E-state index in [-0.39, 0.29) is 18.2 Å². The average Bonchev–Trinajstić information content (AvgIpc) is 2.66. The molecule has 0 saturated heterocycles. The molecule has 3 aromatic carbocycles. The lowest BCUT2D eigenvalue weighted by Crippen LogP contribution is -2.08. The summed E-state index contributed by atoms with van der Waals surface area (Å²) in [4.78, 5) is 0. The van der Waals surface area contributed by atoms with Gasteiger partial charge in [0.2, 0.25) is 0 Å². The van der Waals surface area contributed by atoms with Crippen LogP contribution >= 0.6 is 12.4 Å². The van der Waals surface area contributed by atoms with Crippen LogP contribution in [0.5, 0.6) is 5.75 Å². The number of halogens is 1. The number of hydrogen-bond donors (Lipinski definition) is 1. The summed E-state index contributed by atoms with van der Waals surface area (Å²) in [5.41, 5.74) is 0. The second-order valence-electron chi connectivity index (χ2n) is 4.89. The van der Waals surface area contributed by atoms with Crippen LogP contribution in [0.4, 0.5) is 0 Å². The second-order valence-corrected chi connectivity index (χ2v) is 4.89. The number of ether oxygens (including phenoxy) is 1. The van der Waals surface area contributed by atoms with E-state index in [1.165, 1.54) is 0 Å². The Hall–Kier alpha value is -2.45. The molecule has 4 rings (SSSR count). The van der Waals surface area contributed by atoms with E-state index in [0.717, 1.165) is 31.6 Å². The third-order valence-electron chi connectivity index (χ3n) is 3.68. The first-order chi connectivity index (χ1) is 9.83. The second kappa shape index (κ2) is 5.15. The van der Waals surface area contributed by atoms with Crippen LogP contribution in [0.1, 0.15) is 0 Å². The van der Waals surface area contributed by atoms with E-state index in [1.807, 2.05) is 30.3 Å². The Balaban J connectivity index is 0.00000132. The van der Waals surface area contributed by atoms with Crippen LogP contribution in [-0.4, -0.2) is 5.11 Å². The maximum Gasteiger partial charge on any atom is 0.116 e. The van der Waals surface area contributed by atoms with Gasteiger partial charge >= 0.3 is 0 Å². The van der Waals surface area contributed by atoms with Gasteiger partial charge < -0.3 is 9.84 Å². The molecular formula is C18H13ClO2. The highest BCUT2D eigenvalue weighted by molar-refractivity contribution is 5.85. The lowest BCUT2D eigenvalue weighted by Gasteiger charge is -2.01. The Kier molecular flexibility index (Phi) is 3.32. The van der Waals surface area contributed by atoms with E-state index in [1.54, 1.807) is 24.7 Å². The molecule has 0 radical (unpaired) electrons. The molecule has 3 heteroatoms. The summed E-state index contributed by atoms with van der Waals surface area (Å²) < 4.78 is 5.57. The number of fused-ring (bicyclic) bond motifs is 4. The van der Waals surface area contributed by atoms with Crippen LogP contribution in [0.3, 0.4) is 0 Å². The summed E-state index contributed by atoms with van der Waals surface area (Å²) >= 11 is 0. The Bertz CT molecular complexity index is 1040. The predicted molar refractivity (Wildman–Crippen MR) is 86.2 cm³/mol. The van der Waals surface area contributed by atoms with Crippen LogP contribution in [0.2, 0.25) is 0 Å². The third kappa shape index (κ3) is 2.14. The number of hydrogen-bond acceptors (Lipinski definition) is 2. The quantitative estimate of drug-likeness (QED) is 0.691. The molecular weight excluding hydrogens is 284 g/mol. The normalized spacial score (nSPS) is 11.8. The Morgan fingerprint density at radius 2 is 1.67 bits per heavy atom. The molecule has 0 unspecified atom stereocenters. The van der Waals surface area contributed by atoms with Gasteiger partial charge in [0.15, 0.2) is 0 Å². The summed E-state index contributed by atoms with van der Waals surface area (Å²) in [6.07, 6.45) is 3.54. The van der Waals surface area contributed by atoms with Crippen molar-refractivity contribution in [3.05, 3.63) is 75.5 Å². The van der Waals surface area contributed by atoms with Gasteiger partial charge in [0.05, 0.1) is 12.5 Å². The fourth-order valence-electron chi connectivity index (χ4n) is 2.72. The molecule has 0 amide bonds. The van der Waals surface area contributed by atoms with Gasteiger partial charge in [-0.15, -0.1) is 12.4 Å². The number of phenolic OH excluding ortho intramolecular Hbond substituents is 1. The van der Waals surface area contributed by atoms with Crippen molar-refractivity contribution in [3.8, 4) is 5.75 Å². The minimum absolute atomic E-state index is 0. The Labute approximate surface area is 127 Å². The smallest absolute Gasteiger partial charge is 0.116 e. The van der Waals surface area contributed by atoms with E-state index in [9.17, 15) is 5.11 Å². The van der Waals surface area contributed by atoms with E-state index < -0.39 is 0 Å². The molecule has 1 heterocycles. The van der Waals surface area contributed by atoms with Crippen molar-refractivity contribution in [1.29, 1.82) is 0 Å². The van der Waals surface area contributed by atoms with Crippen molar-refractivity contribution in [2.24, 2.45) is 0 Å². The molecule has 0 bridgehead atoms. The summed E-state index contributed by atoms with van der Waals surface area (Å²) in [6.45, 7) is 0. The van der Waals surface area contributed by atoms with Crippen molar-refractivity contribution >= 4 is 35.7 Å². The van der Waals surface area contributed by atoms with Crippen LogP contribution in [-0.2, 0) is 4.74 Å². The first-order valence-corrected chi connectivity index (χ1v) is 6.50. The van der Waals surface area contributed by atoms with Crippen molar-refractivity contribution in [1.82, 2.24) is 0 Å². The molecule has 0 aliphatic carbocycles. The highest BCUT2D eigenvalue weighted by Crippen LogP contribution is 2.17. The molecule has 21 heavy (non-hydrogen) atoms. The minimum atomic E-state index is 0. The number of phenols is 1. The highest BCUT2D eigenvalue weighted by Gasteiger charge is 2.01. The largest absolute Gasteiger partial charge is 0.508 e. The molecule has 0 fully saturated rings. The molecule has 1 N–H and O–H groups in total. The van der Waals surface area contributed by atoms with Crippen LogP contribution < -0.4 is 10.4 Å². The van der Waals surface area contributed by atoms with Gasteiger partial charge in [-0.1, -0.05) is 36.4 Å². The number of rotatable bonds is 0. The van der Waals surface area contributed by atoms with Gasteiger partial charge in [0.25, 0.3) is 0 Å². The molecule has 2 nitrogen and oxygen atoms in total. The van der Waals surface area contributed by atoms with E-state index in [0.29, 0.717) is 0 Å². The van der Waals surface area contributed by atoms with Gasteiger partial charge in [0.1, 0.15) is 5.75 Å². The summed E-state index contributed by atoms with van der Waals surface area (Å²) in [5, 5.41) is 16.1. The minimum Gasteiger partial charge on any atom is -0.508 e. The predicted octanol–water partition coefficient (Wildman–Crippen LogP) is 2.76. The standard InChI is InChI=1S/C18H12O2.ClH/c19-14-6-8-16-12(9-14)5-7-17-15-4-2-1-3-13(15)10-20-11-18(16)17;/h1-11,19H;1H. The molecule has 0 spiro atoms. The van der Waals surface area contributed by atoms with Crippen molar-refractivity contribution in [2.45, 2.75) is 0 Å². The fraction of sp³-hybridized carbons (Fsp3) is 0. The van der Waals surface area contributed by atoms with Crippen molar-refractivity contribution in [3.63, 3.8) is 0 Å². The van der Waals surface area contributed by atoms with E-state index >= 15 is 0 Å². The van der Waals surface area contributed by atoms with Crippen LogP contribution in [0, 0.1) is 10.4 Å². The van der Waals surface area contributed by atoms with Gasteiger partial charge in [-0.2, -0.15) is 0 Å². The molecule has 0 aromatic heterocycles. The van der Waals surface area contributed by atoms with Gasteiger partial charge in [0, 0.05) is 10.4 Å². The van der Waals surface area contributed by atoms with E-state index in [2.05, 4.69) is 12.1 Å². The van der Waals surface area contributed by atoms with Gasteiger partial charge in [-0.3, -0.25) is 0 Å². The Morgan fingerprint density at radius 1 is 0.810 bits per heavy atom. The maximum absolute atomic E-state index is 9.60. The zero-order chi connectivity index (χ0) is 13.5. The summed E-state index contributed by atoms with van der Waals surface area (Å²) in [6, 6.07) is 17.7. The topological polar surface area (TPSA) is 29.5 Å². The van der Waals surface area contributed by atoms with Gasteiger partial charge in [-0.25, -0.2) is 0 Å². The Morgan fingerprint density at radius 3 is 2.57 bits per heavy atom. The number of aromatic hydroxyl groups is 1. The fourth-order valence-corrected chi connectivity index (χ4v) is 2.72. The van der Waals surface area contributed by atoms with Crippen molar-refractivity contribution < 1.29 is 9.84 Å². The lowest BCUT2D eigenvalue weighted by molar-refractivity contribution is 0.476. The molecule has 0 saturated carbocycles. The number of benzene rings is 3. The summed E-state index contributed by atoms with van der Waals surface area (Å²) in [5.74, 6) is 0.277. The average molecular weight is 297 g/mol. The molecule has 1 aliphatic rings. The molecule has 3 aromatic rings. The van der Waals surface area contributed by atoms with Crippen LogP contribution in [0.15, 0.2) is 54.6 Å².